The molecule has 0 amide bonds. The number of nitriles is 1. The van der Waals surface area contributed by atoms with Crippen LogP contribution in [0.5, 0.6) is 0 Å². The van der Waals surface area contributed by atoms with E-state index in [1.54, 1.807) is 36.7 Å². The van der Waals surface area contributed by atoms with Gasteiger partial charge < -0.3 is 4.57 Å². The summed E-state index contributed by atoms with van der Waals surface area (Å²) in [4.78, 5) is 8.07. The Labute approximate surface area is 171 Å². The summed E-state index contributed by atoms with van der Waals surface area (Å²) in [6.45, 7) is 1.64. The Morgan fingerprint density at radius 3 is 2.60 bits per heavy atom. The number of alkyl halides is 3. The van der Waals surface area contributed by atoms with Crippen LogP contribution in [0, 0.1) is 16.1 Å². The smallest absolute Gasteiger partial charge is 0.326 e. The molecule has 10 heteroatoms. The number of aryl methyl sites for hydroxylation is 1. The summed E-state index contributed by atoms with van der Waals surface area (Å²) in [5.74, 6) is 0.357. The number of pyridine rings is 1. The monoisotopic (exact) mass is 433 g/mol. The molecule has 3 aromatic rings. The molecule has 156 valence electrons. The van der Waals surface area contributed by atoms with Gasteiger partial charge in [0.1, 0.15) is 11.5 Å². The first-order valence-electron chi connectivity index (χ1n) is 9.25. The second-order valence-corrected chi connectivity index (χ2v) is 9.79. The Balaban J connectivity index is 1.95. The molecule has 4 rings (SSSR count). The maximum absolute atomic E-state index is 13.0. The van der Waals surface area contributed by atoms with Crippen LogP contribution in [0.2, 0.25) is 0 Å². The first kappa shape index (κ1) is 20.3. The maximum Gasteiger partial charge on any atom is 0.433 e. The van der Waals surface area contributed by atoms with E-state index in [4.69, 9.17) is 4.78 Å². The van der Waals surface area contributed by atoms with Gasteiger partial charge in [0, 0.05) is 18.4 Å². The van der Waals surface area contributed by atoms with Gasteiger partial charge in [0.25, 0.3) is 0 Å². The fourth-order valence-corrected chi connectivity index (χ4v) is 4.65. The van der Waals surface area contributed by atoms with E-state index < -0.39 is 27.0 Å². The molecule has 0 unspecified atom stereocenters. The normalized spacial score (nSPS) is 17.5. The van der Waals surface area contributed by atoms with Crippen molar-refractivity contribution in [2.24, 2.45) is 7.05 Å². The van der Waals surface area contributed by atoms with E-state index in [1.807, 2.05) is 0 Å². The van der Waals surface area contributed by atoms with Gasteiger partial charge >= 0.3 is 6.18 Å². The minimum atomic E-state index is -4.59. The van der Waals surface area contributed by atoms with Gasteiger partial charge in [0.05, 0.1) is 43.3 Å². The zero-order valence-corrected chi connectivity index (χ0v) is 17.1. The Morgan fingerprint density at radius 1 is 1.33 bits per heavy atom. The summed E-state index contributed by atoms with van der Waals surface area (Å²) in [7, 11) is -1.55. The third kappa shape index (κ3) is 3.13. The highest BCUT2D eigenvalue weighted by molar-refractivity contribution is 7.92. The predicted molar refractivity (Wildman–Crippen MR) is 105 cm³/mol. The number of rotatable bonds is 4. The number of nitrogens with zero attached hydrogens (tertiary/aromatic N) is 4. The Bertz CT molecular complexity index is 1310. The fraction of sp³-hybridized carbons (Fsp3) is 0.350. The SMILES string of the molecule is CC[S@](=N)(=O)c1cc(C2(C#N)CC2)ccc1-c1nc2cc(C(F)(F)F)ncc2n1C. The summed E-state index contributed by atoms with van der Waals surface area (Å²) in [6.07, 6.45) is -2.08. The summed E-state index contributed by atoms with van der Waals surface area (Å²) in [6, 6.07) is 8.20. The highest BCUT2D eigenvalue weighted by Crippen LogP contribution is 2.48. The third-order valence-electron chi connectivity index (χ3n) is 5.56. The molecule has 1 N–H and O–H groups in total. The second kappa shape index (κ2) is 6.54. The lowest BCUT2D eigenvalue weighted by molar-refractivity contribution is -0.141. The van der Waals surface area contributed by atoms with Gasteiger partial charge in [-0.2, -0.15) is 18.4 Å². The molecule has 1 saturated carbocycles. The molecule has 1 atom stereocenters. The molecule has 0 radical (unpaired) electrons. The topological polar surface area (TPSA) is 95.4 Å². The summed E-state index contributed by atoms with van der Waals surface area (Å²) in [5, 5.41) is 9.49. The summed E-state index contributed by atoms with van der Waals surface area (Å²) >= 11 is 0. The quantitative estimate of drug-likeness (QED) is 0.649. The van der Waals surface area contributed by atoms with E-state index >= 15 is 0 Å². The average molecular weight is 433 g/mol. The van der Waals surface area contributed by atoms with E-state index in [-0.39, 0.29) is 16.2 Å². The standard InChI is InChI=1S/C20H18F3N5OS/c1-3-30(25,29)16-8-12(19(11-24)6-7-19)4-5-13(16)18-27-14-9-17(20(21,22)23)26-10-15(14)28(18)2/h4-5,8-10,25H,3,6-7H2,1-2H3/t30-/m0/s1. The van der Waals surface area contributed by atoms with E-state index in [2.05, 4.69) is 16.0 Å². The molecule has 1 aliphatic rings. The molecule has 2 aromatic heterocycles. The van der Waals surface area contributed by atoms with Crippen LogP contribution in [-0.4, -0.2) is 24.5 Å². The van der Waals surface area contributed by atoms with Crippen LogP contribution in [0.25, 0.3) is 22.4 Å². The Hall–Kier alpha value is -2.93. The molecule has 6 nitrogen and oxygen atoms in total. The number of nitrogens with one attached hydrogen (secondary N) is 1. The van der Waals surface area contributed by atoms with Crippen molar-refractivity contribution in [3.63, 3.8) is 0 Å². The molecule has 0 bridgehead atoms. The fourth-order valence-electron chi connectivity index (χ4n) is 3.51. The Kier molecular flexibility index (Phi) is 4.43. The highest BCUT2D eigenvalue weighted by Gasteiger charge is 2.45. The first-order chi connectivity index (χ1) is 14.0. The molecular formula is C20H18F3N5OS. The van der Waals surface area contributed by atoms with E-state index in [1.165, 1.54) is 0 Å². The second-order valence-electron chi connectivity index (χ2n) is 7.42. The van der Waals surface area contributed by atoms with Gasteiger partial charge in [0.15, 0.2) is 0 Å². The van der Waals surface area contributed by atoms with Crippen molar-refractivity contribution in [3.05, 3.63) is 41.7 Å². The van der Waals surface area contributed by atoms with E-state index in [0.29, 0.717) is 35.3 Å². The van der Waals surface area contributed by atoms with Gasteiger partial charge in [-0.25, -0.2) is 19.0 Å². The van der Waals surface area contributed by atoms with Crippen molar-refractivity contribution in [2.75, 3.05) is 5.75 Å². The minimum Gasteiger partial charge on any atom is -0.326 e. The molecule has 1 aromatic carbocycles. The van der Waals surface area contributed by atoms with Crippen LogP contribution in [0.15, 0.2) is 35.4 Å². The van der Waals surface area contributed by atoms with Crippen molar-refractivity contribution < 1.29 is 17.4 Å². The number of halogens is 3. The molecule has 0 saturated heterocycles. The highest BCUT2D eigenvalue weighted by atomic mass is 32.2. The minimum absolute atomic E-state index is 0.0622. The van der Waals surface area contributed by atoms with Gasteiger partial charge in [0.2, 0.25) is 0 Å². The zero-order valence-electron chi connectivity index (χ0n) is 16.2. The van der Waals surface area contributed by atoms with Crippen LogP contribution in [0.4, 0.5) is 13.2 Å². The lowest BCUT2D eigenvalue weighted by Gasteiger charge is -2.15. The lowest BCUT2D eigenvalue weighted by Crippen LogP contribution is -2.10. The summed E-state index contributed by atoms with van der Waals surface area (Å²) in [5.41, 5.74) is -0.0597. The zero-order chi connectivity index (χ0) is 21.9. The lowest BCUT2D eigenvalue weighted by atomic mass is 9.96. The number of imidazole rings is 1. The number of hydrogen-bond acceptors (Lipinski definition) is 5. The first-order valence-corrected chi connectivity index (χ1v) is 11.0. The summed E-state index contributed by atoms with van der Waals surface area (Å²) < 4.78 is 62.0. The van der Waals surface area contributed by atoms with Crippen LogP contribution in [0.1, 0.15) is 31.0 Å². The van der Waals surface area contributed by atoms with Gasteiger partial charge in [-0.15, -0.1) is 0 Å². The number of benzene rings is 1. The predicted octanol–water partition coefficient (Wildman–Crippen LogP) is 4.63. The van der Waals surface area contributed by atoms with Crippen molar-refractivity contribution in [1.82, 2.24) is 14.5 Å². The average Bonchev–Trinajstić information content (AvgIpc) is 3.45. The molecule has 1 aliphatic carbocycles. The van der Waals surface area contributed by atoms with Gasteiger partial charge in [-0.3, -0.25) is 0 Å². The van der Waals surface area contributed by atoms with Crippen LogP contribution >= 0.6 is 0 Å². The Morgan fingerprint density at radius 2 is 2.03 bits per heavy atom. The van der Waals surface area contributed by atoms with E-state index in [0.717, 1.165) is 12.3 Å². The molecule has 1 fully saturated rings. The molecule has 30 heavy (non-hydrogen) atoms. The third-order valence-corrected chi connectivity index (χ3v) is 7.42. The van der Waals surface area contributed by atoms with Crippen LogP contribution < -0.4 is 0 Å². The van der Waals surface area contributed by atoms with Crippen molar-refractivity contribution in [1.29, 1.82) is 10.0 Å². The van der Waals surface area contributed by atoms with Gasteiger partial charge in [-0.05, 0) is 36.6 Å². The van der Waals surface area contributed by atoms with Crippen molar-refractivity contribution >= 4 is 20.8 Å². The van der Waals surface area contributed by atoms with E-state index in [9.17, 15) is 22.6 Å². The molecule has 0 aliphatic heterocycles. The van der Waals surface area contributed by atoms with Gasteiger partial charge in [-0.1, -0.05) is 13.0 Å². The van der Waals surface area contributed by atoms with Crippen LogP contribution in [-0.2, 0) is 28.4 Å². The molecular weight excluding hydrogens is 415 g/mol. The number of fused-ring (bicyclic) bond motifs is 1. The number of hydrogen-bond donors (Lipinski definition) is 1. The maximum atomic E-state index is 13.0. The molecule has 2 heterocycles. The molecule has 0 spiro atoms. The largest absolute Gasteiger partial charge is 0.433 e. The number of aromatic nitrogens is 3. The van der Waals surface area contributed by atoms with Crippen LogP contribution in [0.3, 0.4) is 0 Å². The van der Waals surface area contributed by atoms with Crippen molar-refractivity contribution in [2.45, 2.75) is 36.3 Å². The van der Waals surface area contributed by atoms with Crippen molar-refractivity contribution in [3.8, 4) is 17.5 Å².